The monoisotopic (exact) mass is 433 g/mol. The van der Waals surface area contributed by atoms with Gasteiger partial charge in [-0.05, 0) is 67.9 Å². The van der Waals surface area contributed by atoms with Gasteiger partial charge in [-0.2, -0.15) is 0 Å². The van der Waals surface area contributed by atoms with E-state index in [-0.39, 0.29) is 35.0 Å². The number of phenols is 1. The topological polar surface area (TPSA) is 101 Å². The molecule has 0 radical (unpaired) electrons. The number of ketones is 2. The molecule has 6 nitrogen and oxygen atoms in total. The molecular formula is C26H27NO5. The number of amides is 2. The zero-order valence-electron chi connectivity index (χ0n) is 18.7. The Balaban J connectivity index is 1.75. The number of fused-ring (bicyclic) bond motifs is 4. The van der Waals surface area contributed by atoms with Crippen LogP contribution in [0.25, 0.3) is 0 Å². The molecule has 3 aliphatic carbocycles. The molecule has 6 heteroatoms. The summed E-state index contributed by atoms with van der Waals surface area (Å²) < 4.78 is 0. The molecule has 1 saturated carbocycles. The summed E-state index contributed by atoms with van der Waals surface area (Å²) in [4.78, 5) is 52.4. The molecule has 0 bridgehead atoms. The molecule has 2 N–H and O–H groups in total. The minimum absolute atomic E-state index is 0.0382. The van der Waals surface area contributed by atoms with Gasteiger partial charge in [-0.15, -0.1) is 0 Å². The van der Waals surface area contributed by atoms with E-state index in [4.69, 9.17) is 0 Å². The smallest absolute Gasteiger partial charge is 0.231 e. The maximum Gasteiger partial charge on any atom is 0.231 e. The highest BCUT2D eigenvalue weighted by atomic mass is 16.3. The van der Waals surface area contributed by atoms with E-state index in [0.29, 0.717) is 29.6 Å². The fourth-order valence-electron chi connectivity index (χ4n) is 6.73. The maximum absolute atomic E-state index is 13.8. The summed E-state index contributed by atoms with van der Waals surface area (Å²) in [7, 11) is 0. The fourth-order valence-corrected chi connectivity index (χ4v) is 6.73. The summed E-state index contributed by atoms with van der Waals surface area (Å²) >= 11 is 0. The Labute approximate surface area is 186 Å². The summed E-state index contributed by atoms with van der Waals surface area (Å²) in [5, 5.41) is 12.6. The van der Waals surface area contributed by atoms with Crippen LogP contribution in [0.15, 0.2) is 41.0 Å². The van der Waals surface area contributed by atoms with E-state index in [0.717, 1.165) is 11.1 Å². The molecule has 0 aromatic heterocycles. The van der Waals surface area contributed by atoms with E-state index in [1.807, 2.05) is 25.1 Å². The van der Waals surface area contributed by atoms with Crippen molar-refractivity contribution >= 4 is 23.4 Å². The molecule has 6 atom stereocenters. The average molecular weight is 434 g/mol. The zero-order valence-corrected chi connectivity index (χ0v) is 18.7. The summed E-state index contributed by atoms with van der Waals surface area (Å²) in [5.74, 6) is -2.63. The Hall–Kier alpha value is -3.02. The Kier molecular flexibility index (Phi) is 4.39. The van der Waals surface area contributed by atoms with Crippen molar-refractivity contribution in [2.75, 3.05) is 0 Å². The quantitative estimate of drug-likeness (QED) is 0.524. The fraction of sp³-hybridized carbons (Fsp3) is 0.462. The molecule has 2 amide bonds. The van der Waals surface area contributed by atoms with Crippen LogP contribution in [0.2, 0.25) is 0 Å². The first-order valence-electron chi connectivity index (χ1n) is 11.2. The lowest BCUT2D eigenvalue weighted by atomic mass is 9.46. The number of rotatable bonds is 1. The SMILES string of the molecule is CC1=C(C)C(=O)[C@@]2(C)[C@@H](c3ccc(O)c(C)c3)C3=CC[C@@H]4C(=O)NC(=O)[C@@H]4[C@@H]3C[C@H]2C1=O. The molecule has 1 aromatic carbocycles. The van der Waals surface area contributed by atoms with Gasteiger partial charge in [-0.1, -0.05) is 30.7 Å². The Bertz CT molecular complexity index is 1170. The van der Waals surface area contributed by atoms with Crippen molar-refractivity contribution in [3.63, 3.8) is 0 Å². The Morgan fingerprint density at radius 2 is 1.72 bits per heavy atom. The average Bonchev–Trinajstić information content (AvgIpc) is 3.06. The lowest BCUT2D eigenvalue weighted by molar-refractivity contribution is -0.142. The minimum Gasteiger partial charge on any atom is -0.508 e. The lowest BCUT2D eigenvalue weighted by Gasteiger charge is -2.54. The first kappa shape index (κ1) is 20.9. The molecule has 1 aliphatic heterocycles. The molecule has 32 heavy (non-hydrogen) atoms. The summed E-state index contributed by atoms with van der Waals surface area (Å²) in [6.45, 7) is 7.10. The predicted molar refractivity (Wildman–Crippen MR) is 117 cm³/mol. The highest BCUT2D eigenvalue weighted by molar-refractivity contribution is 6.16. The van der Waals surface area contributed by atoms with Gasteiger partial charge in [-0.25, -0.2) is 0 Å². The van der Waals surface area contributed by atoms with Crippen molar-refractivity contribution in [1.29, 1.82) is 0 Å². The molecule has 1 aromatic rings. The van der Waals surface area contributed by atoms with Crippen molar-refractivity contribution < 1.29 is 24.3 Å². The van der Waals surface area contributed by atoms with Gasteiger partial charge >= 0.3 is 0 Å². The standard InChI is InChI=1S/C26H27NO5/c1-11-9-14(5-8-19(11)28)21-15-6-7-16-20(25(32)27-24(16)31)17(15)10-18-22(29)12(2)13(3)23(30)26(18,21)4/h5-6,8-9,16-18,20-21,28H,7,10H2,1-4H3,(H,27,31,32)/t16-,17+,18-,20-,21-,26+/m0/s1. The number of benzene rings is 1. The number of imide groups is 1. The molecule has 5 rings (SSSR count). The van der Waals surface area contributed by atoms with Crippen LogP contribution >= 0.6 is 0 Å². The number of carbonyl (C=O) groups is 4. The second-order valence-electron chi connectivity index (χ2n) is 10.0. The third-order valence-corrected chi connectivity index (χ3v) is 8.57. The number of carbonyl (C=O) groups excluding carboxylic acids is 4. The van der Waals surface area contributed by atoms with Gasteiger partial charge in [0, 0.05) is 11.8 Å². The van der Waals surface area contributed by atoms with E-state index in [2.05, 4.69) is 5.32 Å². The summed E-state index contributed by atoms with van der Waals surface area (Å²) in [5.41, 5.74) is 2.50. The number of phenolic OH excluding ortho intramolecular Hbond substituents is 1. The van der Waals surface area contributed by atoms with Crippen molar-refractivity contribution in [3.05, 3.63) is 52.1 Å². The van der Waals surface area contributed by atoms with Gasteiger partial charge in [0.25, 0.3) is 0 Å². The molecule has 4 aliphatic rings. The molecule has 1 saturated heterocycles. The van der Waals surface area contributed by atoms with Gasteiger partial charge in [0.05, 0.1) is 17.3 Å². The summed E-state index contributed by atoms with van der Waals surface area (Å²) in [6.07, 6.45) is 2.85. The van der Waals surface area contributed by atoms with Crippen LogP contribution in [0.3, 0.4) is 0 Å². The van der Waals surface area contributed by atoms with Gasteiger partial charge in [-0.3, -0.25) is 24.5 Å². The molecule has 166 valence electrons. The third kappa shape index (κ3) is 2.52. The van der Waals surface area contributed by atoms with Crippen LogP contribution in [-0.4, -0.2) is 28.5 Å². The number of aryl methyl sites for hydroxylation is 1. The summed E-state index contributed by atoms with van der Waals surface area (Å²) in [6, 6.07) is 5.30. The number of nitrogens with one attached hydrogen (secondary N) is 1. The number of hydrogen-bond acceptors (Lipinski definition) is 5. The van der Waals surface area contributed by atoms with Crippen LogP contribution in [0, 0.1) is 36.0 Å². The first-order chi connectivity index (χ1) is 15.1. The Morgan fingerprint density at radius 1 is 1.00 bits per heavy atom. The zero-order chi connectivity index (χ0) is 23.1. The van der Waals surface area contributed by atoms with Gasteiger partial charge in [0.2, 0.25) is 11.8 Å². The second-order valence-corrected chi connectivity index (χ2v) is 10.0. The molecule has 2 fully saturated rings. The highest BCUT2D eigenvalue weighted by Crippen LogP contribution is 2.62. The van der Waals surface area contributed by atoms with Gasteiger partial charge < -0.3 is 5.11 Å². The Morgan fingerprint density at radius 3 is 2.41 bits per heavy atom. The van der Waals surface area contributed by atoms with Gasteiger partial charge in [0.15, 0.2) is 11.6 Å². The second kappa shape index (κ2) is 6.74. The van der Waals surface area contributed by atoms with Crippen molar-refractivity contribution in [2.24, 2.45) is 29.1 Å². The van der Waals surface area contributed by atoms with Crippen LogP contribution in [-0.2, 0) is 19.2 Å². The third-order valence-electron chi connectivity index (χ3n) is 8.57. The molecule has 1 heterocycles. The largest absolute Gasteiger partial charge is 0.508 e. The van der Waals surface area contributed by atoms with Crippen LogP contribution < -0.4 is 5.32 Å². The number of allylic oxidation sites excluding steroid dienone is 4. The normalized spacial score (nSPS) is 36.4. The molecule has 0 unspecified atom stereocenters. The number of hydrogen-bond donors (Lipinski definition) is 2. The van der Waals surface area contributed by atoms with Gasteiger partial charge in [0.1, 0.15) is 5.75 Å². The van der Waals surface area contributed by atoms with Crippen molar-refractivity contribution in [2.45, 2.75) is 46.5 Å². The van der Waals surface area contributed by atoms with Crippen LogP contribution in [0.5, 0.6) is 5.75 Å². The van der Waals surface area contributed by atoms with Crippen LogP contribution in [0.4, 0.5) is 0 Å². The highest BCUT2D eigenvalue weighted by Gasteiger charge is 2.62. The van der Waals surface area contributed by atoms with E-state index >= 15 is 0 Å². The van der Waals surface area contributed by atoms with E-state index < -0.39 is 29.1 Å². The van der Waals surface area contributed by atoms with E-state index in [1.165, 1.54) is 0 Å². The predicted octanol–water partition coefficient (Wildman–Crippen LogP) is 3.13. The first-order valence-corrected chi connectivity index (χ1v) is 11.2. The van der Waals surface area contributed by atoms with Crippen molar-refractivity contribution in [3.8, 4) is 5.75 Å². The number of aromatic hydroxyl groups is 1. The minimum atomic E-state index is -0.988. The lowest BCUT2D eigenvalue weighted by Crippen LogP contribution is -2.55. The molecule has 0 spiro atoms. The van der Waals surface area contributed by atoms with Crippen LogP contribution in [0.1, 0.15) is 50.7 Å². The number of Topliss-reactive ketones (excluding diaryl/α,β-unsaturated/α-hetero) is 2. The van der Waals surface area contributed by atoms with E-state index in [1.54, 1.807) is 26.8 Å². The van der Waals surface area contributed by atoms with Crippen molar-refractivity contribution in [1.82, 2.24) is 5.32 Å². The van der Waals surface area contributed by atoms with E-state index in [9.17, 15) is 24.3 Å². The maximum atomic E-state index is 13.8. The molecular weight excluding hydrogens is 406 g/mol.